The Hall–Kier alpha value is -0.900. The number of rotatable bonds is 6. The molecule has 0 spiro atoms. The minimum absolute atomic E-state index is 0.612. The zero-order chi connectivity index (χ0) is 14.4. The fourth-order valence-electron chi connectivity index (χ4n) is 2.98. The molecule has 112 valence electrons. The summed E-state index contributed by atoms with van der Waals surface area (Å²) in [5, 5.41) is 3.63. The van der Waals surface area contributed by atoms with Gasteiger partial charge in [0.2, 0.25) is 0 Å². The van der Waals surface area contributed by atoms with Crippen LogP contribution in [0.1, 0.15) is 18.9 Å². The highest BCUT2D eigenvalue weighted by molar-refractivity contribution is 5.16. The van der Waals surface area contributed by atoms with E-state index in [-0.39, 0.29) is 0 Å². The van der Waals surface area contributed by atoms with Crippen LogP contribution in [0, 0.1) is 0 Å². The summed E-state index contributed by atoms with van der Waals surface area (Å²) in [5.41, 5.74) is 1.45. The van der Waals surface area contributed by atoms with Crippen LogP contribution in [0.15, 0.2) is 30.3 Å². The lowest BCUT2D eigenvalue weighted by molar-refractivity contribution is 0.129. The molecule has 3 nitrogen and oxygen atoms in total. The van der Waals surface area contributed by atoms with Gasteiger partial charge < -0.3 is 10.2 Å². The molecule has 0 bridgehead atoms. The first-order valence-corrected chi connectivity index (χ1v) is 7.81. The van der Waals surface area contributed by atoms with E-state index in [1.165, 1.54) is 31.6 Å². The maximum absolute atomic E-state index is 3.63. The Morgan fingerprint density at radius 2 is 2.00 bits per heavy atom. The second-order valence-corrected chi connectivity index (χ2v) is 6.30. The van der Waals surface area contributed by atoms with Crippen molar-refractivity contribution >= 4 is 0 Å². The van der Waals surface area contributed by atoms with Gasteiger partial charge in [0.05, 0.1) is 0 Å². The lowest BCUT2D eigenvalue weighted by atomic mass is 10.0. The molecule has 1 heterocycles. The minimum atomic E-state index is 0.612. The van der Waals surface area contributed by atoms with E-state index < -0.39 is 0 Å². The van der Waals surface area contributed by atoms with Gasteiger partial charge in [-0.05, 0) is 52.5 Å². The molecule has 3 heteroatoms. The third-order valence-corrected chi connectivity index (χ3v) is 4.09. The van der Waals surface area contributed by atoms with Gasteiger partial charge in [0, 0.05) is 25.2 Å². The van der Waals surface area contributed by atoms with E-state index in [2.05, 4.69) is 66.5 Å². The molecular weight excluding hydrogens is 246 g/mol. The molecule has 0 aromatic heterocycles. The molecule has 2 rings (SSSR count). The molecule has 2 atom stereocenters. The van der Waals surface area contributed by atoms with Gasteiger partial charge in [-0.15, -0.1) is 0 Å². The third-order valence-electron chi connectivity index (χ3n) is 4.09. The normalized spacial score (nSPS) is 24.2. The average Bonchev–Trinajstić information content (AvgIpc) is 2.42. The van der Waals surface area contributed by atoms with Gasteiger partial charge in [-0.2, -0.15) is 0 Å². The summed E-state index contributed by atoms with van der Waals surface area (Å²) in [7, 11) is 4.31. The number of hydrogen-bond acceptors (Lipinski definition) is 3. The van der Waals surface area contributed by atoms with E-state index in [0.717, 1.165) is 13.0 Å². The van der Waals surface area contributed by atoms with E-state index >= 15 is 0 Å². The molecule has 0 saturated carbocycles. The number of piperazine rings is 1. The molecule has 0 aliphatic carbocycles. The Bertz CT molecular complexity index is 377. The van der Waals surface area contributed by atoms with Crippen molar-refractivity contribution in [3.8, 4) is 0 Å². The lowest BCUT2D eigenvalue weighted by Gasteiger charge is -2.39. The first-order chi connectivity index (χ1) is 9.65. The molecule has 1 aromatic carbocycles. The lowest BCUT2D eigenvalue weighted by Crippen LogP contribution is -2.56. The van der Waals surface area contributed by atoms with E-state index in [1.54, 1.807) is 0 Å². The summed E-state index contributed by atoms with van der Waals surface area (Å²) in [6.45, 7) is 6.96. The third kappa shape index (κ3) is 4.89. The summed E-state index contributed by atoms with van der Waals surface area (Å²) in [5.74, 6) is 0. The first kappa shape index (κ1) is 15.5. The number of nitrogens with one attached hydrogen (secondary N) is 1. The van der Waals surface area contributed by atoms with Gasteiger partial charge in [0.25, 0.3) is 0 Å². The van der Waals surface area contributed by atoms with Crippen molar-refractivity contribution in [3.05, 3.63) is 35.9 Å². The van der Waals surface area contributed by atoms with Crippen LogP contribution in [0.5, 0.6) is 0 Å². The van der Waals surface area contributed by atoms with E-state index in [4.69, 9.17) is 0 Å². The zero-order valence-corrected chi connectivity index (χ0v) is 13.2. The molecule has 1 fully saturated rings. The fraction of sp³-hybridized carbons (Fsp3) is 0.647. The molecule has 1 aliphatic heterocycles. The first-order valence-electron chi connectivity index (χ1n) is 7.81. The molecule has 1 aromatic rings. The van der Waals surface area contributed by atoms with Gasteiger partial charge >= 0.3 is 0 Å². The highest BCUT2D eigenvalue weighted by Gasteiger charge is 2.25. The van der Waals surface area contributed by atoms with E-state index in [9.17, 15) is 0 Å². The Kier molecular flexibility index (Phi) is 6.02. The van der Waals surface area contributed by atoms with Crippen molar-refractivity contribution in [2.24, 2.45) is 0 Å². The van der Waals surface area contributed by atoms with E-state index in [1.807, 2.05) is 0 Å². The molecule has 1 N–H and O–H groups in total. The largest absolute Gasteiger partial charge is 0.311 e. The van der Waals surface area contributed by atoms with Crippen LogP contribution in [0.4, 0.5) is 0 Å². The maximum Gasteiger partial charge on any atom is 0.0261 e. The van der Waals surface area contributed by atoms with Gasteiger partial charge in [-0.3, -0.25) is 4.90 Å². The number of benzene rings is 1. The van der Waals surface area contributed by atoms with Gasteiger partial charge in [-0.1, -0.05) is 30.3 Å². The quantitative estimate of drug-likeness (QED) is 0.855. The van der Waals surface area contributed by atoms with Crippen molar-refractivity contribution < 1.29 is 0 Å². The summed E-state index contributed by atoms with van der Waals surface area (Å²) in [6.07, 6.45) is 2.41. The smallest absolute Gasteiger partial charge is 0.0261 e. The summed E-state index contributed by atoms with van der Waals surface area (Å²) >= 11 is 0. The number of nitrogens with zero attached hydrogens (tertiary/aromatic N) is 2. The fourth-order valence-corrected chi connectivity index (χ4v) is 2.98. The molecule has 1 aliphatic rings. The average molecular weight is 275 g/mol. The molecule has 20 heavy (non-hydrogen) atoms. The highest BCUT2D eigenvalue weighted by Crippen LogP contribution is 2.13. The Morgan fingerprint density at radius 1 is 1.25 bits per heavy atom. The molecule has 2 unspecified atom stereocenters. The maximum atomic E-state index is 3.63. The van der Waals surface area contributed by atoms with Gasteiger partial charge in [0.15, 0.2) is 0 Å². The van der Waals surface area contributed by atoms with Crippen LogP contribution < -0.4 is 5.32 Å². The Morgan fingerprint density at radius 3 is 2.70 bits per heavy atom. The predicted molar refractivity (Wildman–Crippen MR) is 86.1 cm³/mol. The highest BCUT2D eigenvalue weighted by atomic mass is 15.2. The SMILES string of the molecule is CC1CN(CCCN(C)C)C(Cc2ccccc2)CN1. The van der Waals surface area contributed by atoms with Crippen molar-refractivity contribution in [1.29, 1.82) is 0 Å². The molecule has 1 saturated heterocycles. The van der Waals surface area contributed by atoms with E-state index in [0.29, 0.717) is 12.1 Å². The zero-order valence-electron chi connectivity index (χ0n) is 13.2. The summed E-state index contributed by atoms with van der Waals surface area (Å²) in [4.78, 5) is 4.95. The van der Waals surface area contributed by atoms with Crippen molar-refractivity contribution in [2.45, 2.75) is 31.8 Å². The summed E-state index contributed by atoms with van der Waals surface area (Å²) < 4.78 is 0. The summed E-state index contributed by atoms with van der Waals surface area (Å²) in [6, 6.07) is 12.1. The predicted octanol–water partition coefficient (Wildman–Crippen LogP) is 1.84. The van der Waals surface area contributed by atoms with Crippen LogP contribution in [0.25, 0.3) is 0 Å². The second-order valence-electron chi connectivity index (χ2n) is 6.30. The monoisotopic (exact) mass is 275 g/mol. The number of hydrogen-bond donors (Lipinski definition) is 1. The van der Waals surface area contributed by atoms with Crippen LogP contribution >= 0.6 is 0 Å². The van der Waals surface area contributed by atoms with Crippen molar-refractivity contribution in [1.82, 2.24) is 15.1 Å². The standard InChI is InChI=1S/C17H29N3/c1-15-14-20(11-7-10-19(2)3)17(13-18-15)12-16-8-5-4-6-9-16/h4-6,8-9,15,17-18H,7,10-14H2,1-3H3. The van der Waals surface area contributed by atoms with Crippen LogP contribution in [0.3, 0.4) is 0 Å². The molecule has 0 amide bonds. The van der Waals surface area contributed by atoms with Crippen LogP contribution in [-0.4, -0.2) is 62.2 Å². The Labute approximate surface area is 124 Å². The minimum Gasteiger partial charge on any atom is -0.311 e. The molecular formula is C17H29N3. The Balaban J connectivity index is 1.90. The molecule has 0 radical (unpaired) electrons. The van der Waals surface area contributed by atoms with Crippen molar-refractivity contribution in [2.75, 3.05) is 40.3 Å². The second kappa shape index (κ2) is 7.77. The van der Waals surface area contributed by atoms with Crippen molar-refractivity contribution in [3.63, 3.8) is 0 Å². The van der Waals surface area contributed by atoms with Gasteiger partial charge in [-0.25, -0.2) is 0 Å². The van der Waals surface area contributed by atoms with Crippen LogP contribution in [-0.2, 0) is 6.42 Å². The van der Waals surface area contributed by atoms with Gasteiger partial charge in [0.1, 0.15) is 0 Å². The van der Waals surface area contributed by atoms with Crippen LogP contribution in [0.2, 0.25) is 0 Å². The topological polar surface area (TPSA) is 18.5 Å².